The molecule has 6 heteroatoms. The molecule has 2 aromatic carbocycles. The van der Waals surface area contributed by atoms with Gasteiger partial charge in [-0.1, -0.05) is 24.3 Å². The first-order chi connectivity index (χ1) is 17.7. The second kappa shape index (κ2) is 8.15. The molecule has 4 heterocycles. The first kappa shape index (κ1) is 23.4. The van der Waals surface area contributed by atoms with E-state index in [0.29, 0.717) is 6.54 Å². The molecular formula is C31H36F2N4. The van der Waals surface area contributed by atoms with Gasteiger partial charge in [0.1, 0.15) is 11.8 Å². The summed E-state index contributed by atoms with van der Waals surface area (Å²) >= 11 is 0. The van der Waals surface area contributed by atoms with E-state index in [1.165, 1.54) is 33.3 Å². The van der Waals surface area contributed by atoms with E-state index in [-0.39, 0.29) is 17.5 Å². The molecule has 2 N–H and O–H groups in total. The summed E-state index contributed by atoms with van der Waals surface area (Å²) in [6.45, 7) is 8.84. The predicted octanol–water partition coefficient (Wildman–Crippen LogP) is 6.67. The van der Waals surface area contributed by atoms with Crippen molar-refractivity contribution in [2.45, 2.75) is 70.5 Å². The summed E-state index contributed by atoms with van der Waals surface area (Å²) in [7, 11) is 0. The van der Waals surface area contributed by atoms with E-state index >= 15 is 4.39 Å². The van der Waals surface area contributed by atoms with Crippen molar-refractivity contribution in [1.82, 2.24) is 19.8 Å². The summed E-state index contributed by atoms with van der Waals surface area (Å²) in [6.07, 6.45) is 1.79. The van der Waals surface area contributed by atoms with Gasteiger partial charge in [0.2, 0.25) is 0 Å². The standard InChI is InChI=1S/C31H36F2N4/c1-19-10-25-24-6-4-5-7-27(24)35-28(25)29(37(19)16-30(2,3)33)20-8-9-26-21(11-20)12-23(34-26)15-36-17-31(18-36)13-22(32)14-31/h4-9,11-12,19,22,29,34-35H,10,13-18H2,1-3H3/t19-,29-/m1/s1. The number of aromatic amines is 2. The number of halogens is 2. The van der Waals surface area contributed by atoms with Gasteiger partial charge in [0.05, 0.1) is 6.04 Å². The van der Waals surface area contributed by atoms with Gasteiger partial charge >= 0.3 is 0 Å². The quantitative estimate of drug-likeness (QED) is 0.320. The number of para-hydroxylation sites is 1. The van der Waals surface area contributed by atoms with E-state index in [1.54, 1.807) is 13.8 Å². The van der Waals surface area contributed by atoms with Crippen molar-refractivity contribution in [3.8, 4) is 0 Å². The molecule has 3 aliphatic rings. The molecule has 0 radical (unpaired) electrons. The van der Waals surface area contributed by atoms with Gasteiger partial charge < -0.3 is 9.97 Å². The van der Waals surface area contributed by atoms with Crippen LogP contribution in [0.4, 0.5) is 8.78 Å². The Hall–Kier alpha value is -2.70. The van der Waals surface area contributed by atoms with Crippen molar-refractivity contribution < 1.29 is 8.78 Å². The minimum Gasteiger partial charge on any atom is -0.357 e. The summed E-state index contributed by atoms with van der Waals surface area (Å²) in [5, 5.41) is 2.46. The molecule has 1 saturated carbocycles. The number of nitrogens with one attached hydrogen (secondary N) is 2. The summed E-state index contributed by atoms with van der Waals surface area (Å²) in [5.41, 5.74) is 6.16. The van der Waals surface area contributed by atoms with E-state index in [1.807, 2.05) is 0 Å². The van der Waals surface area contributed by atoms with Crippen LogP contribution in [0.5, 0.6) is 0 Å². The molecule has 2 aliphatic heterocycles. The van der Waals surface area contributed by atoms with Gasteiger partial charge in [-0.2, -0.15) is 0 Å². The highest BCUT2D eigenvalue weighted by atomic mass is 19.1. The third kappa shape index (κ3) is 4.00. The van der Waals surface area contributed by atoms with Crippen molar-refractivity contribution in [3.63, 3.8) is 0 Å². The maximum atomic E-state index is 15.1. The van der Waals surface area contributed by atoms with Gasteiger partial charge in [0.25, 0.3) is 0 Å². The number of hydrogen-bond donors (Lipinski definition) is 2. The van der Waals surface area contributed by atoms with Crippen LogP contribution >= 0.6 is 0 Å². The van der Waals surface area contributed by atoms with Crippen molar-refractivity contribution in [3.05, 3.63) is 71.0 Å². The van der Waals surface area contributed by atoms with Crippen LogP contribution in [0, 0.1) is 5.41 Å². The zero-order valence-corrected chi connectivity index (χ0v) is 22.0. The van der Waals surface area contributed by atoms with Gasteiger partial charge in [-0.3, -0.25) is 9.80 Å². The molecule has 7 rings (SSSR count). The molecule has 1 saturated heterocycles. The Morgan fingerprint density at radius 2 is 1.81 bits per heavy atom. The van der Waals surface area contributed by atoms with Crippen LogP contribution < -0.4 is 0 Å². The fourth-order valence-electron chi connectivity index (χ4n) is 7.41. The molecule has 37 heavy (non-hydrogen) atoms. The van der Waals surface area contributed by atoms with Crippen molar-refractivity contribution >= 4 is 21.8 Å². The van der Waals surface area contributed by atoms with Gasteiger partial charge in [0.15, 0.2) is 0 Å². The first-order valence-electron chi connectivity index (χ1n) is 13.7. The largest absolute Gasteiger partial charge is 0.357 e. The highest BCUT2D eigenvalue weighted by molar-refractivity contribution is 5.86. The van der Waals surface area contributed by atoms with Crippen LogP contribution in [0.15, 0.2) is 48.5 Å². The molecule has 4 nitrogen and oxygen atoms in total. The third-order valence-corrected chi connectivity index (χ3v) is 8.91. The Morgan fingerprint density at radius 1 is 1.03 bits per heavy atom. The summed E-state index contributed by atoms with van der Waals surface area (Å²) in [5.74, 6) is 0. The number of hydrogen-bond acceptors (Lipinski definition) is 2. The van der Waals surface area contributed by atoms with Crippen LogP contribution in [0.2, 0.25) is 0 Å². The highest BCUT2D eigenvalue weighted by Crippen LogP contribution is 2.50. The van der Waals surface area contributed by atoms with Crippen LogP contribution in [0.3, 0.4) is 0 Å². The number of aromatic nitrogens is 2. The average Bonchev–Trinajstić information content (AvgIpc) is 3.36. The minimum absolute atomic E-state index is 0.0357. The lowest BCUT2D eigenvalue weighted by molar-refractivity contribution is -0.106. The van der Waals surface area contributed by atoms with E-state index in [0.717, 1.165) is 49.9 Å². The number of H-pyrrole nitrogens is 2. The lowest BCUT2D eigenvalue weighted by Gasteiger charge is -2.57. The fraction of sp³-hybridized carbons (Fsp3) is 0.484. The Balaban J connectivity index is 1.23. The Labute approximate surface area is 217 Å². The van der Waals surface area contributed by atoms with E-state index < -0.39 is 11.8 Å². The van der Waals surface area contributed by atoms with Crippen LogP contribution in [-0.2, 0) is 13.0 Å². The number of likely N-dealkylation sites (tertiary alicyclic amines) is 1. The molecule has 194 valence electrons. The molecule has 2 fully saturated rings. The van der Waals surface area contributed by atoms with E-state index in [4.69, 9.17) is 0 Å². The number of alkyl halides is 2. The summed E-state index contributed by atoms with van der Waals surface area (Å²) in [4.78, 5) is 12.1. The van der Waals surface area contributed by atoms with Crippen molar-refractivity contribution in [2.75, 3.05) is 19.6 Å². The van der Waals surface area contributed by atoms with Crippen LogP contribution in [0.1, 0.15) is 62.2 Å². The molecule has 1 aliphatic carbocycles. The zero-order valence-electron chi connectivity index (χ0n) is 22.0. The van der Waals surface area contributed by atoms with Crippen LogP contribution in [0.25, 0.3) is 21.8 Å². The fourth-order valence-corrected chi connectivity index (χ4v) is 7.41. The maximum absolute atomic E-state index is 15.1. The maximum Gasteiger partial charge on any atom is 0.118 e. The molecule has 4 aromatic rings. The Kier molecular flexibility index (Phi) is 5.16. The SMILES string of the molecule is C[C@@H]1Cc2c([nH]c3ccccc23)[C@@H](c2ccc3[nH]c(CN4CC5(CC(F)C5)C4)cc3c2)N1CC(C)(C)F. The van der Waals surface area contributed by atoms with Crippen LogP contribution in [-0.4, -0.2) is 57.3 Å². The number of benzene rings is 2. The van der Waals surface area contributed by atoms with E-state index in [2.05, 4.69) is 75.2 Å². The van der Waals surface area contributed by atoms with Gasteiger partial charge in [-0.05, 0) is 75.4 Å². The second-order valence-corrected chi connectivity index (χ2v) is 12.7. The molecule has 0 unspecified atom stereocenters. The minimum atomic E-state index is -1.29. The van der Waals surface area contributed by atoms with Gasteiger partial charge in [-0.15, -0.1) is 0 Å². The van der Waals surface area contributed by atoms with Gasteiger partial charge in [-0.25, -0.2) is 8.78 Å². The first-order valence-corrected chi connectivity index (χ1v) is 13.7. The topological polar surface area (TPSA) is 38.1 Å². The Morgan fingerprint density at radius 3 is 2.57 bits per heavy atom. The molecular weight excluding hydrogens is 466 g/mol. The molecule has 0 bridgehead atoms. The van der Waals surface area contributed by atoms with E-state index in [9.17, 15) is 4.39 Å². The van der Waals surface area contributed by atoms with Crippen molar-refractivity contribution in [1.29, 1.82) is 0 Å². The molecule has 2 aromatic heterocycles. The van der Waals surface area contributed by atoms with Gasteiger partial charge in [0, 0.05) is 70.8 Å². The third-order valence-electron chi connectivity index (χ3n) is 8.91. The lowest BCUT2D eigenvalue weighted by atomic mass is 9.62. The summed E-state index contributed by atoms with van der Waals surface area (Å²) in [6, 6.07) is 17.6. The zero-order chi connectivity index (χ0) is 25.5. The molecule has 2 atom stereocenters. The predicted molar refractivity (Wildman–Crippen MR) is 145 cm³/mol. The monoisotopic (exact) mass is 502 g/mol. The normalized spacial score (nSPS) is 24.5. The molecule has 1 spiro atoms. The Bertz CT molecular complexity index is 1460. The molecule has 0 amide bonds. The highest BCUT2D eigenvalue weighted by Gasteiger charge is 2.52. The summed E-state index contributed by atoms with van der Waals surface area (Å²) < 4.78 is 28.4. The number of nitrogens with zero attached hydrogens (tertiary/aromatic N) is 2. The number of rotatable bonds is 5. The lowest BCUT2D eigenvalue weighted by Crippen LogP contribution is -2.62. The van der Waals surface area contributed by atoms with Crippen molar-refractivity contribution in [2.24, 2.45) is 5.41 Å². The number of fused-ring (bicyclic) bond motifs is 4. The second-order valence-electron chi connectivity index (χ2n) is 12.7. The smallest absolute Gasteiger partial charge is 0.118 e. The average molecular weight is 503 g/mol.